The van der Waals surface area contributed by atoms with Crippen LogP contribution in [-0.4, -0.2) is 60.3 Å². The number of sulfonamides is 1. The standard InChI is InChI=1S/C24H22ClNO6S2/c25-18-8-6-16(7-9-18)20-10-11-21(33-20)34(30,31)26-12-19(13-27)32-15-23(14-24(23,26)22(28)29)17-4-2-1-3-5-17/h1-11,19,27H,12-15H2,(H,28,29)/t19?,23?,24-/m0/s1. The molecule has 2 aliphatic rings. The van der Waals surface area contributed by atoms with Gasteiger partial charge in [0.2, 0.25) is 0 Å². The number of hydrogen-bond acceptors (Lipinski definition) is 6. The third-order valence-corrected chi connectivity index (χ3v) is 10.5. The van der Waals surface area contributed by atoms with Crippen LogP contribution in [0.2, 0.25) is 5.02 Å². The van der Waals surface area contributed by atoms with Crippen LogP contribution in [0.3, 0.4) is 0 Å². The first-order valence-electron chi connectivity index (χ1n) is 10.6. The fraction of sp³-hybridized carbons (Fsp3) is 0.292. The molecule has 10 heteroatoms. The van der Waals surface area contributed by atoms with Crippen molar-refractivity contribution in [1.82, 2.24) is 4.31 Å². The van der Waals surface area contributed by atoms with Crippen molar-refractivity contribution in [2.45, 2.75) is 27.7 Å². The van der Waals surface area contributed by atoms with Crippen molar-refractivity contribution in [3.63, 3.8) is 0 Å². The molecule has 5 rings (SSSR count). The number of carbonyl (C=O) groups is 1. The molecule has 7 nitrogen and oxygen atoms in total. The number of nitrogens with zero attached hydrogens (tertiary/aromatic N) is 1. The molecule has 0 spiro atoms. The van der Waals surface area contributed by atoms with Crippen molar-refractivity contribution in [1.29, 1.82) is 0 Å². The molecule has 1 aliphatic carbocycles. The summed E-state index contributed by atoms with van der Waals surface area (Å²) in [7, 11) is -4.23. The van der Waals surface area contributed by atoms with Crippen LogP contribution >= 0.6 is 22.9 Å². The Labute approximate surface area is 206 Å². The Morgan fingerprint density at radius 2 is 1.82 bits per heavy atom. The van der Waals surface area contributed by atoms with E-state index < -0.39 is 39.7 Å². The van der Waals surface area contributed by atoms with Gasteiger partial charge in [-0.05, 0) is 41.8 Å². The van der Waals surface area contributed by atoms with Crippen LogP contribution < -0.4 is 0 Å². The summed E-state index contributed by atoms with van der Waals surface area (Å²) in [5, 5.41) is 20.8. The summed E-state index contributed by atoms with van der Waals surface area (Å²) in [6.07, 6.45) is -0.748. The number of ether oxygens (including phenoxy) is 1. The smallest absolute Gasteiger partial charge is 0.326 e. The van der Waals surface area contributed by atoms with E-state index >= 15 is 0 Å². The second-order valence-corrected chi connectivity index (χ2v) is 12.2. The Balaban J connectivity index is 1.60. The fourth-order valence-electron chi connectivity index (χ4n) is 4.86. The largest absolute Gasteiger partial charge is 0.480 e. The number of carboxylic acid groups (broad SMARTS) is 1. The molecule has 0 radical (unpaired) electrons. The molecule has 3 aromatic rings. The van der Waals surface area contributed by atoms with Crippen LogP contribution in [0.1, 0.15) is 12.0 Å². The van der Waals surface area contributed by atoms with Crippen molar-refractivity contribution < 1.29 is 28.2 Å². The molecule has 1 aromatic heterocycles. The van der Waals surface area contributed by atoms with E-state index in [0.717, 1.165) is 26.1 Å². The Morgan fingerprint density at radius 1 is 1.12 bits per heavy atom. The lowest BCUT2D eigenvalue weighted by molar-refractivity contribution is -0.143. The Bertz CT molecular complexity index is 1330. The zero-order valence-corrected chi connectivity index (χ0v) is 20.3. The van der Waals surface area contributed by atoms with Crippen molar-refractivity contribution in [2.24, 2.45) is 0 Å². The van der Waals surface area contributed by atoms with Crippen LogP contribution in [0.4, 0.5) is 0 Å². The van der Waals surface area contributed by atoms with E-state index in [1.54, 1.807) is 54.6 Å². The summed E-state index contributed by atoms with van der Waals surface area (Å²) in [6.45, 7) is -0.679. The second-order valence-electron chi connectivity index (χ2n) is 8.57. The normalized spacial score (nSPS) is 27.1. The van der Waals surface area contributed by atoms with E-state index in [1.807, 2.05) is 6.07 Å². The molecule has 3 atom stereocenters. The van der Waals surface area contributed by atoms with Crippen molar-refractivity contribution in [2.75, 3.05) is 19.8 Å². The maximum Gasteiger partial charge on any atom is 0.326 e. The highest BCUT2D eigenvalue weighted by molar-refractivity contribution is 7.91. The summed E-state index contributed by atoms with van der Waals surface area (Å²) in [5.74, 6) is -1.23. The number of halogens is 1. The molecule has 0 bridgehead atoms. The van der Waals surface area contributed by atoms with E-state index in [-0.39, 0.29) is 23.8 Å². The first kappa shape index (κ1) is 23.5. The van der Waals surface area contributed by atoms with E-state index in [1.165, 1.54) is 6.07 Å². The molecule has 2 fully saturated rings. The van der Waals surface area contributed by atoms with Gasteiger partial charge in [0.15, 0.2) is 0 Å². The number of thiophene rings is 1. The number of aliphatic carboxylic acids is 1. The molecular formula is C24H22ClNO6S2. The number of carboxylic acids is 1. The van der Waals surface area contributed by atoms with E-state index in [4.69, 9.17) is 16.3 Å². The highest BCUT2D eigenvalue weighted by Gasteiger charge is 2.79. The van der Waals surface area contributed by atoms with Crippen LogP contribution in [0.15, 0.2) is 70.9 Å². The third kappa shape index (κ3) is 3.50. The molecule has 1 saturated carbocycles. The predicted octanol–water partition coefficient (Wildman–Crippen LogP) is 3.62. The highest BCUT2D eigenvalue weighted by Crippen LogP contribution is 2.64. The maximum atomic E-state index is 13.9. The average Bonchev–Trinajstić information content (AvgIpc) is 3.30. The molecule has 2 unspecified atom stereocenters. The summed E-state index contributed by atoms with van der Waals surface area (Å²) >= 11 is 7.03. The molecular weight excluding hydrogens is 498 g/mol. The second kappa shape index (κ2) is 8.44. The number of aliphatic hydroxyl groups excluding tert-OH is 1. The van der Waals surface area contributed by atoms with Gasteiger partial charge in [-0.1, -0.05) is 54.1 Å². The maximum absolute atomic E-state index is 13.9. The van der Waals surface area contributed by atoms with Crippen LogP contribution in [-0.2, 0) is 25.0 Å². The minimum atomic E-state index is -4.23. The Hall–Kier alpha value is -2.27. The zero-order valence-electron chi connectivity index (χ0n) is 17.9. The lowest BCUT2D eigenvalue weighted by atomic mass is 9.91. The van der Waals surface area contributed by atoms with Crippen molar-refractivity contribution in [3.05, 3.63) is 77.3 Å². The number of rotatable bonds is 6. The zero-order chi connectivity index (χ0) is 24.1. The molecule has 178 valence electrons. The summed E-state index contributed by atoms with van der Waals surface area (Å²) in [6, 6.07) is 19.2. The van der Waals surface area contributed by atoms with Crippen LogP contribution in [0.5, 0.6) is 0 Å². The summed E-state index contributed by atoms with van der Waals surface area (Å²) in [4.78, 5) is 13.5. The van der Waals surface area contributed by atoms with Gasteiger partial charge in [0.1, 0.15) is 9.75 Å². The third-order valence-electron chi connectivity index (χ3n) is 6.72. The van der Waals surface area contributed by atoms with Crippen molar-refractivity contribution in [3.8, 4) is 10.4 Å². The molecule has 2 heterocycles. The average molecular weight is 520 g/mol. The lowest BCUT2D eigenvalue weighted by Gasteiger charge is -2.30. The van der Waals surface area contributed by atoms with Gasteiger partial charge in [0, 0.05) is 16.4 Å². The fourth-order valence-corrected chi connectivity index (χ4v) is 8.24. The van der Waals surface area contributed by atoms with Crippen LogP contribution in [0.25, 0.3) is 10.4 Å². The highest BCUT2D eigenvalue weighted by atomic mass is 35.5. The molecule has 2 aromatic carbocycles. The molecule has 34 heavy (non-hydrogen) atoms. The molecule has 1 saturated heterocycles. The number of aliphatic hydroxyl groups is 1. The van der Waals surface area contributed by atoms with Gasteiger partial charge in [0.05, 0.1) is 24.7 Å². The predicted molar refractivity (Wildman–Crippen MR) is 129 cm³/mol. The first-order chi connectivity index (χ1) is 16.2. The number of hydrogen-bond donors (Lipinski definition) is 2. The number of fused-ring (bicyclic) bond motifs is 1. The number of benzene rings is 2. The molecule has 0 amide bonds. The minimum absolute atomic E-state index is 0.00102. The van der Waals surface area contributed by atoms with E-state index in [9.17, 15) is 23.4 Å². The van der Waals surface area contributed by atoms with E-state index in [2.05, 4.69) is 0 Å². The molecule has 2 N–H and O–H groups in total. The monoisotopic (exact) mass is 519 g/mol. The van der Waals surface area contributed by atoms with Crippen LogP contribution in [0, 0.1) is 0 Å². The van der Waals surface area contributed by atoms with Gasteiger partial charge in [-0.2, -0.15) is 4.31 Å². The summed E-state index contributed by atoms with van der Waals surface area (Å²) < 4.78 is 34.8. The first-order valence-corrected chi connectivity index (χ1v) is 13.3. The topological polar surface area (TPSA) is 104 Å². The van der Waals surface area contributed by atoms with Gasteiger partial charge in [-0.3, -0.25) is 4.79 Å². The van der Waals surface area contributed by atoms with Crippen molar-refractivity contribution >= 4 is 38.9 Å². The Morgan fingerprint density at radius 3 is 2.47 bits per heavy atom. The SMILES string of the molecule is O=C(O)[C@@]12CC1(c1ccccc1)COC(CO)CN2S(=O)(=O)c1ccc(-c2ccc(Cl)cc2)s1. The van der Waals surface area contributed by atoms with Gasteiger partial charge in [-0.15, -0.1) is 11.3 Å². The Kier molecular flexibility index (Phi) is 5.83. The quantitative estimate of drug-likeness (QED) is 0.515. The van der Waals surface area contributed by atoms with Gasteiger partial charge in [0.25, 0.3) is 10.0 Å². The molecule has 1 aliphatic heterocycles. The van der Waals surface area contributed by atoms with Gasteiger partial charge < -0.3 is 14.9 Å². The lowest BCUT2D eigenvalue weighted by Crippen LogP contribution is -2.53. The van der Waals surface area contributed by atoms with E-state index in [0.29, 0.717) is 10.6 Å². The van der Waals surface area contributed by atoms with Gasteiger partial charge >= 0.3 is 5.97 Å². The van der Waals surface area contributed by atoms with Gasteiger partial charge in [-0.25, -0.2) is 8.42 Å². The minimum Gasteiger partial charge on any atom is -0.480 e. The summed E-state index contributed by atoms with van der Waals surface area (Å²) in [5.41, 5.74) is -1.25.